The second-order valence-corrected chi connectivity index (χ2v) is 2.39. The summed E-state index contributed by atoms with van der Waals surface area (Å²) in [6, 6.07) is 5.66. The minimum Gasteiger partial charge on any atom is -0.508 e. The van der Waals surface area contributed by atoms with E-state index in [1.54, 1.807) is 0 Å². The van der Waals surface area contributed by atoms with Gasteiger partial charge in [-0.25, -0.2) is 4.79 Å². The van der Waals surface area contributed by atoms with Gasteiger partial charge in [-0.15, -0.1) is 0 Å². The van der Waals surface area contributed by atoms with Gasteiger partial charge in [0.1, 0.15) is 5.75 Å². The molecule has 1 rings (SSSR count). The fourth-order valence-electron chi connectivity index (χ4n) is 0.823. The van der Waals surface area contributed by atoms with Crippen LogP contribution in [-0.2, 0) is 4.79 Å². The predicted molar refractivity (Wildman–Crippen MR) is 44.8 cm³/mol. The van der Waals surface area contributed by atoms with E-state index in [2.05, 4.69) is 0 Å². The van der Waals surface area contributed by atoms with Gasteiger partial charge in [-0.05, 0) is 23.8 Å². The van der Waals surface area contributed by atoms with Crippen molar-refractivity contribution in [2.75, 3.05) is 0 Å². The van der Waals surface area contributed by atoms with Gasteiger partial charge in [0.15, 0.2) is 0 Å². The van der Waals surface area contributed by atoms with Crippen LogP contribution in [0.1, 0.15) is 5.56 Å². The van der Waals surface area contributed by atoms with Crippen molar-refractivity contribution in [1.82, 2.24) is 0 Å². The third kappa shape index (κ3) is 2.59. The number of hydrogen-bond acceptors (Lipinski definition) is 2. The quantitative estimate of drug-likeness (QED) is 0.685. The highest BCUT2D eigenvalue weighted by Gasteiger charge is 2.04. The fourth-order valence-corrected chi connectivity index (χ4v) is 0.823. The number of benzene rings is 1. The topological polar surface area (TPSA) is 57.5 Å². The fraction of sp³-hybridized carbons (Fsp3) is 0. The molecule has 0 aromatic heterocycles. The highest BCUT2D eigenvalue weighted by atomic mass is 19.1. The van der Waals surface area contributed by atoms with Gasteiger partial charge in [0.25, 0.3) is 0 Å². The number of aromatic hydroxyl groups is 1. The standard InChI is InChI=1S/C9H7FO3/c10-8(9(12)13)5-6-2-1-3-7(11)4-6/h1-5,11H,(H,12,13). The number of aliphatic carboxylic acids is 1. The summed E-state index contributed by atoms with van der Waals surface area (Å²) >= 11 is 0. The molecule has 0 aliphatic heterocycles. The van der Waals surface area contributed by atoms with Gasteiger partial charge in [0, 0.05) is 0 Å². The molecule has 0 saturated heterocycles. The second kappa shape index (κ2) is 3.71. The zero-order valence-corrected chi connectivity index (χ0v) is 6.57. The molecule has 68 valence electrons. The summed E-state index contributed by atoms with van der Waals surface area (Å²) in [6.07, 6.45) is 0.835. The van der Waals surface area contributed by atoms with Crippen molar-refractivity contribution in [3.63, 3.8) is 0 Å². The molecule has 0 heterocycles. The van der Waals surface area contributed by atoms with Gasteiger partial charge >= 0.3 is 5.97 Å². The summed E-state index contributed by atoms with van der Waals surface area (Å²) in [6.45, 7) is 0. The Morgan fingerprint density at radius 2 is 2.15 bits per heavy atom. The summed E-state index contributed by atoms with van der Waals surface area (Å²) < 4.78 is 12.5. The van der Waals surface area contributed by atoms with E-state index in [1.807, 2.05) is 0 Å². The Morgan fingerprint density at radius 1 is 1.46 bits per heavy atom. The first-order valence-electron chi connectivity index (χ1n) is 3.49. The molecule has 13 heavy (non-hydrogen) atoms. The van der Waals surface area contributed by atoms with E-state index in [9.17, 15) is 9.18 Å². The Labute approximate surface area is 73.8 Å². The van der Waals surface area contributed by atoms with Crippen LogP contribution in [0.3, 0.4) is 0 Å². The van der Waals surface area contributed by atoms with Crippen LogP contribution in [0.25, 0.3) is 6.08 Å². The molecule has 0 radical (unpaired) electrons. The molecule has 0 aliphatic carbocycles. The molecule has 0 saturated carbocycles. The lowest BCUT2D eigenvalue weighted by atomic mass is 10.2. The monoisotopic (exact) mass is 182 g/mol. The molecule has 2 N–H and O–H groups in total. The van der Waals surface area contributed by atoms with Crippen molar-refractivity contribution in [3.8, 4) is 5.75 Å². The molecule has 4 heteroatoms. The highest BCUT2D eigenvalue weighted by molar-refractivity contribution is 5.89. The van der Waals surface area contributed by atoms with E-state index in [-0.39, 0.29) is 5.75 Å². The molecule has 0 amide bonds. The van der Waals surface area contributed by atoms with Crippen LogP contribution in [-0.4, -0.2) is 16.2 Å². The maximum Gasteiger partial charge on any atom is 0.364 e. The van der Waals surface area contributed by atoms with Gasteiger partial charge in [-0.2, -0.15) is 4.39 Å². The Balaban J connectivity index is 2.97. The Hall–Kier alpha value is -1.84. The molecule has 0 aliphatic rings. The first kappa shape index (κ1) is 9.25. The molecule has 0 spiro atoms. The van der Waals surface area contributed by atoms with Crippen molar-refractivity contribution >= 4 is 12.0 Å². The number of carboxylic acids is 1. The molecule has 3 nitrogen and oxygen atoms in total. The van der Waals surface area contributed by atoms with E-state index >= 15 is 0 Å². The van der Waals surface area contributed by atoms with Gasteiger partial charge in [0.05, 0.1) is 0 Å². The number of carbonyl (C=O) groups is 1. The molecule has 1 aromatic carbocycles. The normalized spacial score (nSPS) is 11.3. The van der Waals surface area contributed by atoms with E-state index < -0.39 is 11.8 Å². The third-order valence-electron chi connectivity index (χ3n) is 1.37. The maximum absolute atomic E-state index is 12.5. The lowest BCUT2D eigenvalue weighted by Gasteiger charge is -1.94. The Kier molecular flexibility index (Phi) is 2.64. The van der Waals surface area contributed by atoms with Gasteiger partial charge in [0.2, 0.25) is 5.83 Å². The number of phenolic OH excluding ortho intramolecular Hbond substituents is 1. The van der Waals surface area contributed by atoms with Crippen LogP contribution in [0.4, 0.5) is 4.39 Å². The average Bonchev–Trinajstić information content (AvgIpc) is 2.04. The molecule has 1 aromatic rings. The van der Waals surface area contributed by atoms with Crippen molar-refractivity contribution in [2.45, 2.75) is 0 Å². The number of carboxylic acid groups (broad SMARTS) is 1. The Morgan fingerprint density at radius 3 is 2.69 bits per heavy atom. The predicted octanol–water partition coefficient (Wildman–Crippen LogP) is 1.79. The second-order valence-electron chi connectivity index (χ2n) is 2.39. The molecular weight excluding hydrogens is 175 g/mol. The lowest BCUT2D eigenvalue weighted by Crippen LogP contribution is -1.93. The number of phenols is 1. The van der Waals surface area contributed by atoms with Crippen LogP contribution in [0.5, 0.6) is 5.75 Å². The first-order chi connectivity index (χ1) is 6.09. The van der Waals surface area contributed by atoms with Crippen LogP contribution in [0.2, 0.25) is 0 Å². The Bertz CT molecular complexity index is 358. The van der Waals surface area contributed by atoms with E-state index in [0.29, 0.717) is 5.56 Å². The SMILES string of the molecule is O=C(O)C(F)=Cc1cccc(O)c1. The number of halogens is 1. The van der Waals surface area contributed by atoms with Gasteiger partial charge in [-0.1, -0.05) is 12.1 Å². The smallest absolute Gasteiger partial charge is 0.364 e. The summed E-state index contributed by atoms with van der Waals surface area (Å²) in [4.78, 5) is 10.1. The van der Waals surface area contributed by atoms with Crippen LogP contribution in [0.15, 0.2) is 30.1 Å². The highest BCUT2D eigenvalue weighted by Crippen LogP contribution is 2.14. The largest absolute Gasteiger partial charge is 0.508 e. The molecule has 0 fully saturated rings. The number of rotatable bonds is 2. The zero-order valence-electron chi connectivity index (χ0n) is 6.57. The van der Waals surface area contributed by atoms with Crippen molar-refractivity contribution in [1.29, 1.82) is 0 Å². The van der Waals surface area contributed by atoms with Crippen molar-refractivity contribution in [3.05, 3.63) is 35.7 Å². The first-order valence-corrected chi connectivity index (χ1v) is 3.49. The molecular formula is C9H7FO3. The lowest BCUT2D eigenvalue weighted by molar-refractivity contribution is -0.134. The van der Waals surface area contributed by atoms with Crippen LogP contribution >= 0.6 is 0 Å². The van der Waals surface area contributed by atoms with Crippen molar-refractivity contribution < 1.29 is 19.4 Å². The maximum atomic E-state index is 12.5. The average molecular weight is 182 g/mol. The van der Waals surface area contributed by atoms with Gasteiger partial charge < -0.3 is 10.2 Å². The molecule has 0 bridgehead atoms. The molecule has 0 unspecified atom stereocenters. The number of hydrogen-bond donors (Lipinski definition) is 2. The summed E-state index contributed by atoms with van der Waals surface area (Å²) in [5, 5.41) is 17.2. The van der Waals surface area contributed by atoms with Crippen molar-refractivity contribution in [2.24, 2.45) is 0 Å². The third-order valence-corrected chi connectivity index (χ3v) is 1.37. The van der Waals surface area contributed by atoms with Crippen LogP contribution < -0.4 is 0 Å². The minimum absolute atomic E-state index is 0.0352. The summed E-state index contributed by atoms with van der Waals surface area (Å²) in [5.74, 6) is -2.92. The molecule has 0 atom stereocenters. The van der Waals surface area contributed by atoms with E-state index in [1.165, 1.54) is 24.3 Å². The summed E-state index contributed by atoms with van der Waals surface area (Å²) in [7, 11) is 0. The minimum atomic E-state index is -1.62. The zero-order chi connectivity index (χ0) is 9.84. The van der Waals surface area contributed by atoms with Crippen LogP contribution in [0, 0.1) is 0 Å². The summed E-state index contributed by atoms with van der Waals surface area (Å²) in [5.41, 5.74) is 0.305. The van der Waals surface area contributed by atoms with Gasteiger partial charge in [-0.3, -0.25) is 0 Å². The van der Waals surface area contributed by atoms with E-state index in [4.69, 9.17) is 10.2 Å². The van der Waals surface area contributed by atoms with E-state index in [0.717, 1.165) is 6.08 Å².